The Balaban J connectivity index is 0.00000312. The first kappa shape index (κ1) is 22.6. The average Bonchev–Trinajstić information content (AvgIpc) is 2.84. The predicted molar refractivity (Wildman–Crippen MR) is 117 cm³/mol. The van der Waals surface area contributed by atoms with Crippen LogP contribution in [0.3, 0.4) is 0 Å². The van der Waals surface area contributed by atoms with Crippen molar-refractivity contribution in [2.24, 2.45) is 4.99 Å². The molecule has 0 bridgehead atoms. The monoisotopic (exact) mass is 480 g/mol. The largest absolute Gasteiger partial charge is 0.376 e. The zero-order valence-electron chi connectivity index (χ0n) is 15.6. The van der Waals surface area contributed by atoms with Crippen molar-refractivity contribution in [1.82, 2.24) is 15.6 Å². The standard InChI is InChI=1S/C18H32N4OS.HI/c1-15-14-24-17(22-15)10-7-11-20-18(19-2)21-12-13-23-16-8-5-3-4-6-9-16;/h14,16H,3-13H2,1-2H3,(H2,19,20,21);1H. The molecule has 5 nitrogen and oxygen atoms in total. The molecule has 1 aromatic heterocycles. The Morgan fingerprint density at radius 2 is 1.96 bits per heavy atom. The number of ether oxygens (including phenoxy) is 1. The normalized spacial score (nSPS) is 16.2. The van der Waals surface area contributed by atoms with Gasteiger partial charge in [0.1, 0.15) is 0 Å². The molecule has 1 fully saturated rings. The summed E-state index contributed by atoms with van der Waals surface area (Å²) >= 11 is 1.74. The lowest BCUT2D eigenvalue weighted by Crippen LogP contribution is -2.39. The SMILES string of the molecule is CN=C(NCCCc1nc(C)cs1)NCCOC1CCCCCC1.I. The van der Waals surface area contributed by atoms with Gasteiger partial charge in [-0.05, 0) is 26.2 Å². The Bertz CT molecular complexity index is 487. The van der Waals surface area contributed by atoms with E-state index in [1.54, 1.807) is 11.3 Å². The molecule has 1 aliphatic rings. The third-order valence-electron chi connectivity index (χ3n) is 4.30. The minimum Gasteiger partial charge on any atom is -0.376 e. The van der Waals surface area contributed by atoms with Gasteiger partial charge in [-0.1, -0.05) is 25.7 Å². The number of aliphatic imine (C=N–C) groups is 1. The molecule has 1 aliphatic carbocycles. The highest BCUT2D eigenvalue weighted by atomic mass is 127. The highest BCUT2D eigenvalue weighted by Gasteiger charge is 2.12. The van der Waals surface area contributed by atoms with Crippen molar-refractivity contribution >= 4 is 41.3 Å². The molecular weight excluding hydrogens is 447 g/mol. The zero-order valence-corrected chi connectivity index (χ0v) is 18.7. The van der Waals surface area contributed by atoms with Crippen LogP contribution in [0.2, 0.25) is 0 Å². The molecule has 2 rings (SSSR count). The van der Waals surface area contributed by atoms with Crippen molar-refractivity contribution in [2.75, 3.05) is 26.7 Å². The molecule has 0 unspecified atom stereocenters. The number of nitrogens with zero attached hydrogens (tertiary/aromatic N) is 2. The Morgan fingerprint density at radius 1 is 1.24 bits per heavy atom. The first-order chi connectivity index (χ1) is 11.8. The number of hydrogen-bond acceptors (Lipinski definition) is 4. The minimum atomic E-state index is 0. The van der Waals surface area contributed by atoms with Crippen molar-refractivity contribution in [1.29, 1.82) is 0 Å². The van der Waals surface area contributed by atoms with Crippen LogP contribution >= 0.6 is 35.3 Å². The van der Waals surface area contributed by atoms with Crippen LogP contribution in [-0.2, 0) is 11.2 Å². The Labute approximate surface area is 173 Å². The molecule has 2 N–H and O–H groups in total. The molecule has 0 radical (unpaired) electrons. The summed E-state index contributed by atoms with van der Waals surface area (Å²) in [5.74, 6) is 0.856. The molecule has 0 aliphatic heterocycles. The summed E-state index contributed by atoms with van der Waals surface area (Å²) in [4.78, 5) is 8.75. The van der Waals surface area contributed by atoms with E-state index in [2.05, 4.69) is 26.0 Å². The maximum atomic E-state index is 5.99. The van der Waals surface area contributed by atoms with Gasteiger partial charge in [0.25, 0.3) is 0 Å². The van der Waals surface area contributed by atoms with E-state index in [1.807, 2.05) is 14.0 Å². The Morgan fingerprint density at radius 3 is 2.60 bits per heavy atom. The van der Waals surface area contributed by atoms with Crippen LogP contribution in [0.5, 0.6) is 0 Å². The fourth-order valence-corrected chi connectivity index (χ4v) is 3.81. The van der Waals surface area contributed by atoms with Crippen molar-refractivity contribution in [3.63, 3.8) is 0 Å². The molecule has 25 heavy (non-hydrogen) atoms. The molecule has 0 spiro atoms. The fraction of sp³-hybridized carbons (Fsp3) is 0.778. The van der Waals surface area contributed by atoms with Gasteiger partial charge in [0.15, 0.2) is 5.96 Å². The molecule has 0 amide bonds. The van der Waals surface area contributed by atoms with E-state index in [0.717, 1.165) is 44.2 Å². The van der Waals surface area contributed by atoms with Gasteiger partial charge in [-0.2, -0.15) is 0 Å². The van der Waals surface area contributed by atoms with Gasteiger partial charge in [0.05, 0.1) is 17.7 Å². The second-order valence-corrected chi connectivity index (χ2v) is 7.34. The lowest BCUT2D eigenvalue weighted by atomic mass is 10.1. The van der Waals surface area contributed by atoms with Gasteiger partial charge in [-0.15, -0.1) is 35.3 Å². The summed E-state index contributed by atoms with van der Waals surface area (Å²) in [6.07, 6.45) is 10.4. The molecule has 0 aromatic carbocycles. The highest BCUT2D eigenvalue weighted by Crippen LogP contribution is 2.19. The predicted octanol–water partition coefficient (Wildman–Crippen LogP) is 3.91. The van der Waals surface area contributed by atoms with Crippen molar-refractivity contribution in [2.45, 2.75) is 64.4 Å². The van der Waals surface area contributed by atoms with Crippen LogP contribution in [0.25, 0.3) is 0 Å². The van der Waals surface area contributed by atoms with E-state index < -0.39 is 0 Å². The first-order valence-corrected chi connectivity index (χ1v) is 10.1. The molecular formula is C18H33IN4OS. The number of hydrogen-bond donors (Lipinski definition) is 2. The summed E-state index contributed by atoms with van der Waals surface area (Å²) in [6.45, 7) is 4.51. The van der Waals surface area contributed by atoms with Gasteiger partial charge in [0.2, 0.25) is 0 Å². The van der Waals surface area contributed by atoms with Crippen molar-refractivity contribution < 1.29 is 4.74 Å². The molecule has 0 atom stereocenters. The second-order valence-electron chi connectivity index (χ2n) is 6.40. The quantitative estimate of drug-likeness (QED) is 0.195. The number of guanidine groups is 1. The van der Waals surface area contributed by atoms with E-state index in [-0.39, 0.29) is 24.0 Å². The van der Waals surface area contributed by atoms with Crippen molar-refractivity contribution in [3.8, 4) is 0 Å². The highest BCUT2D eigenvalue weighted by molar-refractivity contribution is 14.0. The summed E-state index contributed by atoms with van der Waals surface area (Å²) in [6, 6.07) is 0. The fourth-order valence-electron chi connectivity index (χ4n) is 2.99. The summed E-state index contributed by atoms with van der Waals surface area (Å²) in [5, 5.41) is 10.0. The number of halogens is 1. The van der Waals surface area contributed by atoms with Crippen molar-refractivity contribution in [3.05, 3.63) is 16.1 Å². The molecule has 0 saturated heterocycles. The van der Waals surface area contributed by atoms with E-state index in [0.29, 0.717) is 6.10 Å². The summed E-state index contributed by atoms with van der Waals surface area (Å²) in [7, 11) is 1.81. The van der Waals surface area contributed by atoms with Crippen LogP contribution in [0.1, 0.15) is 55.6 Å². The minimum absolute atomic E-state index is 0. The molecule has 1 aromatic rings. The van der Waals surface area contributed by atoms with Crippen LogP contribution in [0, 0.1) is 6.92 Å². The van der Waals surface area contributed by atoms with E-state index >= 15 is 0 Å². The molecule has 1 heterocycles. The number of rotatable bonds is 8. The number of aryl methyl sites for hydroxylation is 2. The number of nitrogens with one attached hydrogen (secondary N) is 2. The van der Waals surface area contributed by atoms with Crippen LogP contribution in [0.15, 0.2) is 10.4 Å². The van der Waals surface area contributed by atoms with Crippen LogP contribution in [0.4, 0.5) is 0 Å². The summed E-state index contributed by atoms with van der Waals surface area (Å²) in [5.41, 5.74) is 1.12. The number of thiazole rings is 1. The Hall–Kier alpha value is -0.410. The molecule has 1 saturated carbocycles. The van der Waals surface area contributed by atoms with Crippen LogP contribution in [-0.4, -0.2) is 43.8 Å². The topological polar surface area (TPSA) is 58.5 Å². The lowest BCUT2D eigenvalue weighted by Gasteiger charge is -2.16. The van der Waals surface area contributed by atoms with E-state index in [1.165, 1.54) is 43.5 Å². The van der Waals surface area contributed by atoms with Gasteiger partial charge < -0.3 is 15.4 Å². The molecule has 144 valence electrons. The third-order valence-corrected chi connectivity index (χ3v) is 5.33. The second kappa shape index (κ2) is 13.7. The Kier molecular flexibility index (Phi) is 12.4. The van der Waals surface area contributed by atoms with Crippen LogP contribution < -0.4 is 10.6 Å². The summed E-state index contributed by atoms with van der Waals surface area (Å²) < 4.78 is 5.99. The van der Waals surface area contributed by atoms with E-state index in [4.69, 9.17) is 4.74 Å². The third kappa shape index (κ3) is 9.75. The first-order valence-electron chi connectivity index (χ1n) is 9.25. The smallest absolute Gasteiger partial charge is 0.191 e. The maximum Gasteiger partial charge on any atom is 0.191 e. The van der Waals surface area contributed by atoms with Gasteiger partial charge in [-0.25, -0.2) is 4.98 Å². The van der Waals surface area contributed by atoms with Gasteiger partial charge >= 0.3 is 0 Å². The molecule has 7 heteroatoms. The maximum absolute atomic E-state index is 5.99. The van der Waals surface area contributed by atoms with E-state index in [9.17, 15) is 0 Å². The lowest BCUT2D eigenvalue weighted by molar-refractivity contribution is 0.0468. The van der Waals surface area contributed by atoms with Gasteiger partial charge in [0, 0.05) is 37.6 Å². The number of aromatic nitrogens is 1. The zero-order chi connectivity index (χ0) is 17.0. The van der Waals surface area contributed by atoms with Gasteiger partial charge in [-0.3, -0.25) is 4.99 Å². The average molecular weight is 480 g/mol.